The molecule has 3 N–H and O–H groups in total. The van der Waals surface area contributed by atoms with Gasteiger partial charge in [0.25, 0.3) is 0 Å². The van der Waals surface area contributed by atoms with E-state index in [1.807, 2.05) is 12.3 Å². The summed E-state index contributed by atoms with van der Waals surface area (Å²) < 4.78 is 0. The molecular formula is C8H13N2+. The highest BCUT2D eigenvalue weighted by Gasteiger charge is 1.98. The summed E-state index contributed by atoms with van der Waals surface area (Å²) in [7, 11) is 0. The van der Waals surface area contributed by atoms with E-state index in [1.165, 1.54) is 5.56 Å². The minimum absolute atomic E-state index is 0.476. The first-order valence-electron chi connectivity index (χ1n) is 3.51. The number of aromatic nitrogens is 1. The Balaban J connectivity index is 2.59. The molecule has 1 aromatic heterocycles. The molecule has 0 spiro atoms. The van der Waals surface area contributed by atoms with Crippen LogP contribution >= 0.6 is 0 Å². The van der Waals surface area contributed by atoms with Gasteiger partial charge in [-0.05, 0) is 18.6 Å². The fourth-order valence-corrected chi connectivity index (χ4v) is 0.921. The van der Waals surface area contributed by atoms with Gasteiger partial charge in [-0.1, -0.05) is 6.07 Å². The summed E-state index contributed by atoms with van der Waals surface area (Å²) in [6, 6.07) is 4.51. The summed E-state index contributed by atoms with van der Waals surface area (Å²) in [6.07, 6.45) is 4.70. The van der Waals surface area contributed by atoms with Crippen molar-refractivity contribution in [3.8, 4) is 0 Å². The van der Waals surface area contributed by atoms with Gasteiger partial charge in [-0.15, -0.1) is 0 Å². The number of nitrogens with zero attached hydrogens (tertiary/aromatic N) is 1. The first kappa shape index (κ1) is 7.22. The van der Waals surface area contributed by atoms with Crippen molar-refractivity contribution >= 4 is 0 Å². The van der Waals surface area contributed by atoms with Gasteiger partial charge in [0.05, 0.1) is 6.04 Å². The third-order valence-electron chi connectivity index (χ3n) is 1.31. The lowest BCUT2D eigenvalue weighted by Crippen LogP contribution is -2.60. The second-order valence-corrected chi connectivity index (χ2v) is 2.67. The quantitative estimate of drug-likeness (QED) is 0.624. The van der Waals surface area contributed by atoms with Crippen LogP contribution in [0.15, 0.2) is 24.5 Å². The van der Waals surface area contributed by atoms with Gasteiger partial charge in [0.15, 0.2) is 0 Å². The van der Waals surface area contributed by atoms with Crippen LogP contribution in [0.25, 0.3) is 0 Å². The van der Waals surface area contributed by atoms with E-state index >= 15 is 0 Å². The van der Waals surface area contributed by atoms with E-state index in [1.54, 1.807) is 6.20 Å². The molecule has 1 atom stereocenters. The van der Waals surface area contributed by atoms with Gasteiger partial charge < -0.3 is 5.73 Å². The van der Waals surface area contributed by atoms with E-state index < -0.39 is 0 Å². The smallest absolute Gasteiger partial charge is 0.0856 e. The Labute approximate surface area is 61.1 Å². The summed E-state index contributed by atoms with van der Waals surface area (Å²) >= 11 is 0. The molecule has 0 saturated carbocycles. The molecule has 1 aromatic rings. The van der Waals surface area contributed by atoms with Gasteiger partial charge in [0, 0.05) is 18.8 Å². The fraction of sp³-hybridized carbons (Fsp3) is 0.375. The summed E-state index contributed by atoms with van der Waals surface area (Å²) in [5, 5.41) is 0. The minimum Gasteiger partial charge on any atom is -0.355 e. The Hall–Kier alpha value is -0.890. The van der Waals surface area contributed by atoms with Gasteiger partial charge in [0.2, 0.25) is 0 Å². The van der Waals surface area contributed by atoms with Gasteiger partial charge in [0.1, 0.15) is 0 Å². The van der Waals surface area contributed by atoms with E-state index in [4.69, 9.17) is 0 Å². The molecule has 0 aliphatic rings. The molecule has 1 rings (SSSR count). The Morgan fingerprint density at radius 3 is 3.00 bits per heavy atom. The van der Waals surface area contributed by atoms with Gasteiger partial charge >= 0.3 is 0 Å². The lowest BCUT2D eigenvalue weighted by atomic mass is 10.1. The predicted octanol–water partition coefficient (Wildman–Crippen LogP) is 0.254. The van der Waals surface area contributed by atoms with Gasteiger partial charge in [-0.2, -0.15) is 0 Å². The second kappa shape index (κ2) is 3.32. The first-order chi connectivity index (χ1) is 4.79. The Kier molecular flexibility index (Phi) is 2.40. The number of hydrogen-bond donors (Lipinski definition) is 1. The topological polar surface area (TPSA) is 40.5 Å². The average molecular weight is 137 g/mol. The molecule has 0 saturated heterocycles. The zero-order chi connectivity index (χ0) is 7.40. The third-order valence-corrected chi connectivity index (χ3v) is 1.31. The van der Waals surface area contributed by atoms with Crippen molar-refractivity contribution in [1.82, 2.24) is 4.98 Å². The minimum atomic E-state index is 0.476. The molecular weight excluding hydrogens is 124 g/mol. The molecule has 2 nitrogen and oxygen atoms in total. The molecule has 0 unspecified atom stereocenters. The SMILES string of the molecule is C[C@H]([NH3+])Cc1cccnc1. The summed E-state index contributed by atoms with van der Waals surface area (Å²) in [6.45, 7) is 2.10. The van der Waals surface area contributed by atoms with E-state index in [0.717, 1.165) is 6.42 Å². The number of rotatable bonds is 2. The van der Waals surface area contributed by atoms with Crippen molar-refractivity contribution in [2.24, 2.45) is 0 Å². The summed E-state index contributed by atoms with van der Waals surface area (Å²) in [5.74, 6) is 0. The van der Waals surface area contributed by atoms with Crippen LogP contribution in [0.5, 0.6) is 0 Å². The highest BCUT2D eigenvalue weighted by Crippen LogP contribution is 1.97. The molecule has 0 bridgehead atoms. The Bertz CT molecular complexity index is 182. The van der Waals surface area contributed by atoms with Crippen molar-refractivity contribution < 1.29 is 5.73 Å². The average Bonchev–Trinajstić information content (AvgIpc) is 1.88. The van der Waals surface area contributed by atoms with Crippen LogP contribution in [0.3, 0.4) is 0 Å². The van der Waals surface area contributed by atoms with Crippen LogP contribution in [0.4, 0.5) is 0 Å². The van der Waals surface area contributed by atoms with Crippen molar-refractivity contribution in [2.75, 3.05) is 0 Å². The number of pyridine rings is 1. The third kappa shape index (κ3) is 2.15. The highest BCUT2D eigenvalue weighted by molar-refractivity contribution is 5.08. The van der Waals surface area contributed by atoms with E-state index in [2.05, 4.69) is 23.7 Å². The standard InChI is InChI=1S/C8H12N2/c1-7(9)5-8-3-2-4-10-6-8/h2-4,6-7H,5,9H2,1H3/p+1/t7-/m0/s1. The van der Waals surface area contributed by atoms with Crippen molar-refractivity contribution in [3.63, 3.8) is 0 Å². The first-order valence-corrected chi connectivity index (χ1v) is 3.51. The number of quaternary nitrogens is 1. The van der Waals surface area contributed by atoms with E-state index in [-0.39, 0.29) is 0 Å². The fourth-order valence-electron chi connectivity index (χ4n) is 0.921. The summed E-state index contributed by atoms with van der Waals surface area (Å²) in [4.78, 5) is 4.01. The second-order valence-electron chi connectivity index (χ2n) is 2.67. The lowest BCUT2D eigenvalue weighted by Gasteiger charge is -1.99. The molecule has 1 heterocycles. The van der Waals surface area contributed by atoms with Crippen LogP contribution in [0, 0.1) is 0 Å². The zero-order valence-corrected chi connectivity index (χ0v) is 6.25. The molecule has 0 radical (unpaired) electrons. The largest absolute Gasteiger partial charge is 0.355 e. The van der Waals surface area contributed by atoms with Crippen molar-refractivity contribution in [1.29, 1.82) is 0 Å². The van der Waals surface area contributed by atoms with Crippen LogP contribution in [0.1, 0.15) is 12.5 Å². The maximum Gasteiger partial charge on any atom is 0.0856 e. The molecule has 0 fully saturated rings. The van der Waals surface area contributed by atoms with Gasteiger partial charge in [-0.25, -0.2) is 0 Å². The zero-order valence-electron chi connectivity index (χ0n) is 6.25. The predicted molar refractivity (Wildman–Crippen MR) is 40.3 cm³/mol. The molecule has 0 aliphatic carbocycles. The van der Waals surface area contributed by atoms with Crippen LogP contribution in [-0.2, 0) is 6.42 Å². The molecule has 0 aromatic carbocycles. The van der Waals surface area contributed by atoms with Crippen LogP contribution in [-0.4, -0.2) is 11.0 Å². The molecule has 2 heteroatoms. The summed E-state index contributed by atoms with van der Waals surface area (Å²) in [5.41, 5.74) is 5.17. The van der Waals surface area contributed by atoms with Gasteiger partial charge in [-0.3, -0.25) is 4.98 Å². The van der Waals surface area contributed by atoms with Crippen molar-refractivity contribution in [2.45, 2.75) is 19.4 Å². The Morgan fingerprint density at radius 1 is 1.70 bits per heavy atom. The van der Waals surface area contributed by atoms with Crippen LogP contribution < -0.4 is 5.73 Å². The van der Waals surface area contributed by atoms with E-state index in [9.17, 15) is 0 Å². The normalized spacial score (nSPS) is 13.0. The van der Waals surface area contributed by atoms with E-state index in [0.29, 0.717) is 6.04 Å². The van der Waals surface area contributed by atoms with Crippen LogP contribution in [0.2, 0.25) is 0 Å². The molecule has 0 aliphatic heterocycles. The molecule has 0 amide bonds. The number of hydrogen-bond acceptors (Lipinski definition) is 1. The highest BCUT2D eigenvalue weighted by atomic mass is 14.6. The lowest BCUT2D eigenvalue weighted by molar-refractivity contribution is -0.413. The maximum absolute atomic E-state index is 4.01. The molecule has 10 heavy (non-hydrogen) atoms. The monoisotopic (exact) mass is 137 g/mol. The molecule has 54 valence electrons. The Morgan fingerprint density at radius 2 is 2.50 bits per heavy atom. The van der Waals surface area contributed by atoms with Crippen molar-refractivity contribution in [3.05, 3.63) is 30.1 Å². The maximum atomic E-state index is 4.01.